The Morgan fingerprint density at radius 3 is 2.38 bits per heavy atom. The van der Waals surface area contributed by atoms with Gasteiger partial charge in [-0.1, -0.05) is 27.7 Å². The molecule has 1 atom stereocenters. The summed E-state index contributed by atoms with van der Waals surface area (Å²) in [5.74, 6) is -0.0223. The normalized spacial score (nSPS) is 24.8. The van der Waals surface area contributed by atoms with E-state index in [0.717, 1.165) is 43.4 Å². The molecule has 8 heteroatoms. The van der Waals surface area contributed by atoms with E-state index in [-0.39, 0.29) is 16.0 Å². The lowest BCUT2D eigenvalue weighted by atomic mass is 9.91. The number of nitrogens with zero attached hydrogens (tertiary/aromatic N) is 1. The van der Waals surface area contributed by atoms with Crippen molar-refractivity contribution in [1.29, 1.82) is 0 Å². The number of hydrogen-bond acceptors (Lipinski definition) is 5. The summed E-state index contributed by atoms with van der Waals surface area (Å²) in [5.41, 5.74) is 0.334. The summed E-state index contributed by atoms with van der Waals surface area (Å²) in [6, 6.07) is 1.96. The highest BCUT2D eigenvalue weighted by atomic mass is 32.1. The van der Waals surface area contributed by atoms with Gasteiger partial charge in [0.1, 0.15) is 4.88 Å². The van der Waals surface area contributed by atoms with Gasteiger partial charge in [-0.05, 0) is 68.8 Å². The lowest BCUT2D eigenvalue weighted by Crippen LogP contribution is -2.36. The summed E-state index contributed by atoms with van der Waals surface area (Å²) in [6.07, 6.45) is 5.58. The van der Waals surface area contributed by atoms with Crippen LogP contribution in [0.15, 0.2) is 6.07 Å². The molecule has 2 aliphatic rings. The number of thiophene rings is 1. The van der Waals surface area contributed by atoms with E-state index in [1.165, 1.54) is 11.3 Å². The van der Waals surface area contributed by atoms with Crippen molar-refractivity contribution in [2.45, 2.75) is 84.2 Å². The molecule has 1 saturated heterocycles. The summed E-state index contributed by atoms with van der Waals surface area (Å²) >= 11 is 1.30. The molecule has 2 fully saturated rings. The third-order valence-corrected chi connectivity index (χ3v) is 11.5. The van der Waals surface area contributed by atoms with Crippen LogP contribution in [0.1, 0.15) is 87.7 Å². The fourth-order valence-electron chi connectivity index (χ4n) is 4.76. The van der Waals surface area contributed by atoms with Crippen LogP contribution in [0.5, 0.6) is 0 Å². The zero-order chi connectivity index (χ0) is 23.5. The maximum absolute atomic E-state index is 14.8. The van der Waals surface area contributed by atoms with Crippen LogP contribution in [-0.4, -0.2) is 43.1 Å². The van der Waals surface area contributed by atoms with Crippen molar-refractivity contribution in [1.82, 2.24) is 0 Å². The molecule has 1 aliphatic heterocycles. The first kappa shape index (κ1) is 25.7. The van der Waals surface area contributed by atoms with Crippen LogP contribution in [-0.2, 0) is 19.2 Å². The Kier molecular flexibility index (Phi) is 8.51. The quantitative estimate of drug-likeness (QED) is 0.409. The Bertz CT molecular complexity index is 819. The fourth-order valence-corrected chi connectivity index (χ4v) is 8.86. The number of anilines is 1. The highest BCUT2D eigenvalue weighted by Gasteiger charge is 2.44. The summed E-state index contributed by atoms with van der Waals surface area (Å²) < 4.78 is 28.4. The second kappa shape index (κ2) is 10.6. The van der Waals surface area contributed by atoms with Crippen molar-refractivity contribution < 1.29 is 23.7 Å². The van der Waals surface area contributed by atoms with E-state index in [2.05, 4.69) is 27.7 Å². The summed E-state index contributed by atoms with van der Waals surface area (Å²) in [5, 5.41) is 10.1. The monoisotopic (exact) mass is 485 g/mol. The van der Waals surface area contributed by atoms with Crippen LogP contribution in [0.3, 0.4) is 0 Å². The fraction of sp³-hybridized carbons (Fsp3) is 0.792. The van der Waals surface area contributed by atoms with E-state index in [0.29, 0.717) is 43.9 Å². The Labute approximate surface area is 197 Å². The molecule has 0 radical (unpaired) electrons. The number of ether oxygens (including phenoxy) is 1. The predicted octanol–water partition coefficient (Wildman–Crippen LogP) is 6.79. The second-order valence-electron chi connectivity index (χ2n) is 10.4. The number of hydrogen-bond donors (Lipinski definition) is 1. The number of carboxylic acid groups (broad SMARTS) is 1. The Hall–Kier alpha value is -0.880. The first-order chi connectivity index (χ1) is 15.1. The summed E-state index contributed by atoms with van der Waals surface area (Å²) in [6.45, 7) is 12.7. The maximum Gasteiger partial charge on any atom is 0.348 e. The van der Waals surface area contributed by atoms with Crippen LogP contribution >= 0.6 is 18.9 Å². The van der Waals surface area contributed by atoms with Crippen LogP contribution < -0.4 is 4.67 Å². The second-order valence-corrected chi connectivity index (χ2v) is 14.1. The molecular formula is C24H40NO5PS. The van der Waals surface area contributed by atoms with E-state index in [9.17, 15) is 14.5 Å². The third-order valence-electron chi connectivity index (χ3n) is 6.79. The van der Waals surface area contributed by atoms with E-state index in [1.54, 1.807) is 0 Å². The van der Waals surface area contributed by atoms with Gasteiger partial charge in [-0.2, -0.15) is 0 Å². The van der Waals surface area contributed by atoms with Crippen LogP contribution in [0.4, 0.5) is 5.69 Å². The molecule has 182 valence electrons. The topological polar surface area (TPSA) is 76.1 Å². The zero-order valence-electron chi connectivity index (χ0n) is 20.3. The minimum atomic E-state index is -3.29. The summed E-state index contributed by atoms with van der Waals surface area (Å²) in [7, 11) is -3.29. The molecule has 2 heterocycles. The minimum absolute atomic E-state index is 0.0573. The van der Waals surface area contributed by atoms with Gasteiger partial charge in [-0.3, -0.25) is 9.24 Å². The lowest BCUT2D eigenvalue weighted by molar-refractivity contribution is 0.0682. The lowest BCUT2D eigenvalue weighted by Gasteiger charge is -2.41. The van der Waals surface area contributed by atoms with Crippen molar-refractivity contribution in [3.8, 4) is 0 Å². The molecule has 1 saturated carbocycles. The smallest absolute Gasteiger partial charge is 0.348 e. The molecule has 0 aromatic carbocycles. The Balaban J connectivity index is 2.09. The van der Waals surface area contributed by atoms with Gasteiger partial charge in [-0.15, -0.1) is 11.3 Å². The molecule has 1 unspecified atom stereocenters. The molecular weight excluding hydrogens is 445 g/mol. The van der Waals surface area contributed by atoms with Gasteiger partial charge in [0.2, 0.25) is 0 Å². The van der Waals surface area contributed by atoms with Gasteiger partial charge >= 0.3 is 5.97 Å². The Morgan fingerprint density at radius 1 is 1.22 bits per heavy atom. The highest BCUT2D eigenvalue weighted by Crippen LogP contribution is 2.62. The molecule has 1 N–H and O–H groups in total. The zero-order valence-corrected chi connectivity index (χ0v) is 22.0. The molecule has 32 heavy (non-hydrogen) atoms. The van der Waals surface area contributed by atoms with Gasteiger partial charge in [0, 0.05) is 24.6 Å². The molecule has 3 rings (SSSR count). The minimum Gasteiger partial charge on any atom is -0.477 e. The van der Waals surface area contributed by atoms with E-state index >= 15 is 0 Å². The molecule has 0 spiro atoms. The van der Waals surface area contributed by atoms with Crippen LogP contribution in [0.25, 0.3) is 0 Å². The largest absolute Gasteiger partial charge is 0.477 e. The molecule has 0 bridgehead atoms. The third kappa shape index (κ3) is 5.78. The molecule has 1 aliphatic carbocycles. The van der Waals surface area contributed by atoms with Crippen molar-refractivity contribution in [2.24, 2.45) is 11.8 Å². The Morgan fingerprint density at radius 2 is 1.84 bits per heavy atom. The van der Waals surface area contributed by atoms with Crippen LogP contribution in [0.2, 0.25) is 0 Å². The van der Waals surface area contributed by atoms with E-state index in [4.69, 9.17) is 9.26 Å². The summed E-state index contributed by atoms with van der Waals surface area (Å²) in [4.78, 5) is 13.6. The number of carbonyl (C=O) groups is 1. The van der Waals surface area contributed by atoms with Crippen molar-refractivity contribution in [3.63, 3.8) is 0 Å². The standard InChI is InChI=1S/C24H40NO5PS/c1-6-30-31(28,19-9-7-17(2)8-10-19)25(16-18-11-13-29-14-12-18)20-15-21(24(3,4)5)32-22(20)23(26)27/h15,17-19H,6-14,16H2,1-5H3,(H,26,27). The first-order valence-electron chi connectivity index (χ1n) is 12.0. The maximum atomic E-state index is 14.8. The average molecular weight is 486 g/mol. The highest BCUT2D eigenvalue weighted by molar-refractivity contribution is 7.61. The predicted molar refractivity (Wildman–Crippen MR) is 132 cm³/mol. The van der Waals surface area contributed by atoms with Gasteiger partial charge in [0.15, 0.2) is 0 Å². The van der Waals surface area contributed by atoms with Crippen molar-refractivity contribution in [2.75, 3.05) is 31.0 Å². The number of aromatic carboxylic acids is 1. The van der Waals surface area contributed by atoms with E-state index < -0.39 is 13.5 Å². The molecule has 0 amide bonds. The van der Waals surface area contributed by atoms with Crippen LogP contribution in [0, 0.1) is 11.8 Å². The van der Waals surface area contributed by atoms with Gasteiger partial charge in [0.25, 0.3) is 7.52 Å². The average Bonchev–Trinajstić information content (AvgIpc) is 3.19. The first-order valence-corrected chi connectivity index (χ1v) is 14.5. The number of rotatable bonds is 8. The number of carboxylic acids is 1. The molecule has 1 aromatic rings. The van der Waals surface area contributed by atoms with E-state index in [1.807, 2.05) is 17.7 Å². The SMILES string of the molecule is CCOP(=O)(C1CCC(C)CC1)N(CC1CCOCC1)c1cc(C(C)(C)C)sc1C(=O)O. The van der Waals surface area contributed by atoms with Gasteiger partial charge in [0.05, 0.1) is 18.0 Å². The molecule has 6 nitrogen and oxygen atoms in total. The molecule has 1 aromatic heterocycles. The van der Waals surface area contributed by atoms with Gasteiger partial charge < -0.3 is 14.4 Å². The van der Waals surface area contributed by atoms with Crippen molar-refractivity contribution >= 4 is 30.5 Å². The van der Waals surface area contributed by atoms with Gasteiger partial charge in [-0.25, -0.2) is 4.79 Å². The van der Waals surface area contributed by atoms with Crippen molar-refractivity contribution in [3.05, 3.63) is 15.8 Å².